The molecule has 0 spiro atoms. The van der Waals surface area contributed by atoms with Gasteiger partial charge in [-0.1, -0.05) is 6.92 Å². The van der Waals surface area contributed by atoms with Gasteiger partial charge in [0, 0.05) is 6.54 Å². The Morgan fingerprint density at radius 1 is 1.50 bits per heavy atom. The summed E-state index contributed by atoms with van der Waals surface area (Å²) in [4.78, 5) is 2.07. The van der Waals surface area contributed by atoms with Gasteiger partial charge in [0.2, 0.25) is 0 Å². The van der Waals surface area contributed by atoms with Gasteiger partial charge in [0.15, 0.2) is 0 Å². The number of hydrogen-bond acceptors (Lipinski definition) is 4. The lowest BCUT2D eigenvalue weighted by Crippen LogP contribution is -2.32. The van der Waals surface area contributed by atoms with E-state index < -0.39 is 6.10 Å². The Hall–Kier alpha value is -1.07. The van der Waals surface area contributed by atoms with Crippen molar-refractivity contribution in [3.63, 3.8) is 0 Å². The van der Waals surface area contributed by atoms with E-state index in [-0.39, 0.29) is 0 Å². The van der Waals surface area contributed by atoms with Gasteiger partial charge in [-0.05, 0) is 27.4 Å². The summed E-state index contributed by atoms with van der Waals surface area (Å²) in [6.07, 6.45) is -0.414. The number of likely N-dealkylation sites (N-methyl/N-ethyl adjacent to an activating group) is 1. The van der Waals surface area contributed by atoms with Gasteiger partial charge in [0.25, 0.3) is 0 Å². The fourth-order valence-corrected chi connectivity index (χ4v) is 1.63. The minimum atomic E-state index is -0.414. The van der Waals surface area contributed by atoms with Crippen LogP contribution >= 0.6 is 0 Å². The lowest BCUT2D eigenvalue weighted by atomic mass is 10.3. The van der Waals surface area contributed by atoms with Crippen LogP contribution in [-0.2, 0) is 6.54 Å². The second kappa shape index (κ2) is 5.32. The third kappa shape index (κ3) is 2.96. The number of aliphatic hydroxyl groups is 1. The Labute approximate surface area is 96.9 Å². The number of anilines is 1. The fraction of sp³-hybridized carbons (Fsp3) is 0.727. The van der Waals surface area contributed by atoms with E-state index in [1.807, 2.05) is 20.9 Å². The zero-order valence-electron chi connectivity index (χ0n) is 10.6. The van der Waals surface area contributed by atoms with Crippen LogP contribution in [0.5, 0.6) is 0 Å². The summed E-state index contributed by atoms with van der Waals surface area (Å²) in [7, 11) is 1.98. The van der Waals surface area contributed by atoms with Crippen LogP contribution in [0, 0.1) is 13.8 Å². The van der Waals surface area contributed by atoms with Crippen LogP contribution in [0.3, 0.4) is 0 Å². The number of aromatic nitrogens is 2. The van der Waals surface area contributed by atoms with Crippen LogP contribution in [-0.4, -0.2) is 46.0 Å². The first-order chi connectivity index (χ1) is 7.45. The number of nitrogen functional groups attached to an aromatic ring is 1. The molecular formula is C11H22N4O. The molecule has 0 aliphatic carbocycles. The Kier molecular flexibility index (Phi) is 4.32. The van der Waals surface area contributed by atoms with Crippen molar-refractivity contribution < 1.29 is 5.11 Å². The number of aliphatic hydroxyl groups excluding tert-OH is 1. The first-order valence-corrected chi connectivity index (χ1v) is 5.61. The second-order valence-electron chi connectivity index (χ2n) is 4.28. The molecule has 1 atom stereocenters. The maximum Gasteiger partial charge on any atom is 0.0862 e. The van der Waals surface area contributed by atoms with E-state index in [2.05, 4.69) is 16.9 Å². The zero-order chi connectivity index (χ0) is 12.3. The molecule has 1 rings (SSSR count). The summed E-state index contributed by atoms with van der Waals surface area (Å²) >= 11 is 0. The normalized spacial score (nSPS) is 13.4. The van der Waals surface area contributed by atoms with Crippen molar-refractivity contribution in [2.24, 2.45) is 0 Å². The fourth-order valence-electron chi connectivity index (χ4n) is 1.63. The van der Waals surface area contributed by atoms with Crippen molar-refractivity contribution in [1.29, 1.82) is 0 Å². The molecule has 5 nitrogen and oxygen atoms in total. The average Bonchev–Trinajstić information content (AvgIpc) is 2.46. The third-order valence-electron chi connectivity index (χ3n) is 2.88. The molecular weight excluding hydrogens is 204 g/mol. The smallest absolute Gasteiger partial charge is 0.0862 e. The Bertz CT molecular complexity index is 348. The lowest BCUT2D eigenvalue weighted by molar-refractivity contribution is 0.108. The first kappa shape index (κ1) is 13.0. The molecule has 0 aliphatic rings. The topological polar surface area (TPSA) is 67.3 Å². The predicted octanol–water partition coefficient (Wildman–Crippen LogP) is 0.395. The highest BCUT2D eigenvalue weighted by atomic mass is 16.3. The first-order valence-electron chi connectivity index (χ1n) is 5.61. The molecule has 1 aromatic heterocycles. The van der Waals surface area contributed by atoms with Crippen LogP contribution in [0.1, 0.15) is 18.3 Å². The minimum Gasteiger partial charge on any atom is -0.396 e. The molecule has 0 saturated heterocycles. The highest BCUT2D eigenvalue weighted by molar-refractivity contribution is 5.46. The SMILES string of the molecule is CCN(C)CC(O)Cn1nc(C)c(N)c1C. The van der Waals surface area contributed by atoms with Gasteiger partial charge >= 0.3 is 0 Å². The molecule has 16 heavy (non-hydrogen) atoms. The van der Waals surface area contributed by atoms with Crippen LogP contribution in [0.25, 0.3) is 0 Å². The third-order valence-corrected chi connectivity index (χ3v) is 2.88. The van der Waals surface area contributed by atoms with E-state index >= 15 is 0 Å². The molecule has 1 aromatic rings. The second-order valence-corrected chi connectivity index (χ2v) is 4.28. The minimum absolute atomic E-state index is 0.414. The number of nitrogens with two attached hydrogens (primary N) is 1. The van der Waals surface area contributed by atoms with E-state index in [1.54, 1.807) is 4.68 Å². The van der Waals surface area contributed by atoms with Crippen molar-refractivity contribution in [3.8, 4) is 0 Å². The number of hydrogen-bond donors (Lipinski definition) is 2. The van der Waals surface area contributed by atoms with Gasteiger partial charge in [-0.2, -0.15) is 5.10 Å². The van der Waals surface area contributed by atoms with Crippen molar-refractivity contribution in [1.82, 2.24) is 14.7 Å². The van der Waals surface area contributed by atoms with Crippen molar-refractivity contribution in [2.75, 3.05) is 25.9 Å². The highest BCUT2D eigenvalue weighted by Gasteiger charge is 2.13. The van der Waals surface area contributed by atoms with Gasteiger partial charge in [0.1, 0.15) is 0 Å². The summed E-state index contributed by atoms with van der Waals surface area (Å²) in [5.74, 6) is 0. The van der Waals surface area contributed by atoms with Gasteiger partial charge < -0.3 is 15.7 Å². The van der Waals surface area contributed by atoms with Gasteiger partial charge in [-0.15, -0.1) is 0 Å². The maximum absolute atomic E-state index is 9.89. The average molecular weight is 226 g/mol. The summed E-state index contributed by atoms with van der Waals surface area (Å²) < 4.78 is 1.78. The van der Waals surface area contributed by atoms with Crippen molar-refractivity contribution in [3.05, 3.63) is 11.4 Å². The molecule has 0 bridgehead atoms. The summed E-state index contributed by atoms with van der Waals surface area (Å²) in [5.41, 5.74) is 8.30. The van der Waals surface area contributed by atoms with Gasteiger partial charge in [-0.25, -0.2) is 0 Å². The van der Waals surface area contributed by atoms with Crippen molar-refractivity contribution in [2.45, 2.75) is 33.4 Å². The zero-order valence-corrected chi connectivity index (χ0v) is 10.6. The molecule has 1 heterocycles. The van der Waals surface area contributed by atoms with E-state index in [0.717, 1.165) is 23.6 Å². The summed E-state index contributed by atoms with van der Waals surface area (Å²) in [6, 6.07) is 0. The van der Waals surface area contributed by atoms with Gasteiger partial charge in [-0.3, -0.25) is 4.68 Å². The van der Waals surface area contributed by atoms with E-state index in [9.17, 15) is 5.11 Å². The summed E-state index contributed by atoms with van der Waals surface area (Å²) in [6.45, 7) is 7.93. The Balaban J connectivity index is 2.62. The van der Waals surface area contributed by atoms with E-state index in [0.29, 0.717) is 13.1 Å². The molecule has 0 saturated carbocycles. The van der Waals surface area contributed by atoms with E-state index in [1.165, 1.54) is 0 Å². The predicted molar refractivity (Wildman–Crippen MR) is 65.3 cm³/mol. The molecule has 5 heteroatoms. The maximum atomic E-state index is 9.89. The van der Waals surface area contributed by atoms with Crippen molar-refractivity contribution >= 4 is 5.69 Å². The molecule has 0 aromatic carbocycles. The molecule has 0 radical (unpaired) electrons. The molecule has 0 aliphatic heterocycles. The van der Waals surface area contributed by atoms with E-state index in [4.69, 9.17) is 5.73 Å². The highest BCUT2D eigenvalue weighted by Crippen LogP contribution is 2.14. The molecule has 1 unspecified atom stereocenters. The molecule has 92 valence electrons. The largest absolute Gasteiger partial charge is 0.396 e. The summed E-state index contributed by atoms with van der Waals surface area (Å²) in [5, 5.41) is 14.2. The van der Waals surface area contributed by atoms with Crippen LogP contribution < -0.4 is 5.73 Å². The number of rotatable bonds is 5. The lowest BCUT2D eigenvalue weighted by Gasteiger charge is -2.19. The Morgan fingerprint density at radius 3 is 2.56 bits per heavy atom. The quantitative estimate of drug-likeness (QED) is 0.762. The number of aryl methyl sites for hydroxylation is 1. The molecule has 3 N–H and O–H groups in total. The molecule has 0 amide bonds. The number of nitrogens with zero attached hydrogens (tertiary/aromatic N) is 3. The Morgan fingerprint density at radius 2 is 2.12 bits per heavy atom. The van der Waals surface area contributed by atoms with Gasteiger partial charge in [0.05, 0.1) is 29.7 Å². The monoisotopic (exact) mass is 226 g/mol. The van der Waals surface area contributed by atoms with Crippen LogP contribution in [0.2, 0.25) is 0 Å². The standard InChI is InChI=1S/C11H22N4O/c1-5-14(4)6-10(16)7-15-9(3)11(12)8(2)13-15/h10,16H,5-7,12H2,1-4H3. The van der Waals surface area contributed by atoms with Crippen LogP contribution in [0.4, 0.5) is 5.69 Å². The van der Waals surface area contributed by atoms with Crippen LogP contribution in [0.15, 0.2) is 0 Å². The molecule has 0 fully saturated rings.